The van der Waals surface area contributed by atoms with Gasteiger partial charge in [0, 0.05) is 17.8 Å². The monoisotopic (exact) mass is 391 g/mol. The first-order valence-corrected chi connectivity index (χ1v) is 7.48. The van der Waals surface area contributed by atoms with Crippen molar-refractivity contribution in [1.29, 1.82) is 0 Å². The molecule has 24 heavy (non-hydrogen) atoms. The molecule has 3 aromatic rings. The summed E-state index contributed by atoms with van der Waals surface area (Å²) in [7, 11) is 0. The van der Waals surface area contributed by atoms with Crippen LogP contribution in [0.2, 0.25) is 0 Å². The Labute approximate surface area is 144 Å². The number of aromatic amines is 1. The number of rotatable bonds is 3. The van der Waals surface area contributed by atoms with Gasteiger partial charge in [-0.05, 0) is 28.1 Å². The summed E-state index contributed by atoms with van der Waals surface area (Å²) in [4.78, 5) is 22.1. The van der Waals surface area contributed by atoms with E-state index >= 15 is 0 Å². The number of amides is 1. The number of carbonyl (C=O) groups is 1. The molecule has 0 spiro atoms. The Morgan fingerprint density at radius 2 is 2.08 bits per heavy atom. The van der Waals surface area contributed by atoms with Gasteiger partial charge in [0.15, 0.2) is 5.75 Å². The van der Waals surface area contributed by atoms with Crippen LogP contribution in [-0.2, 0) is 0 Å². The molecule has 0 radical (unpaired) electrons. The zero-order valence-corrected chi connectivity index (χ0v) is 13.7. The Balaban J connectivity index is 2.19. The highest BCUT2D eigenvalue weighted by Gasteiger charge is 2.19. The van der Waals surface area contributed by atoms with Gasteiger partial charge < -0.3 is 21.2 Å². The topological polar surface area (TPSA) is 120 Å². The van der Waals surface area contributed by atoms with Crippen LogP contribution < -0.4 is 16.2 Å². The number of nitrogens with one attached hydrogen (secondary N) is 1. The van der Waals surface area contributed by atoms with E-state index in [1.165, 1.54) is 18.3 Å². The lowest BCUT2D eigenvalue weighted by atomic mass is 10.1. The summed E-state index contributed by atoms with van der Waals surface area (Å²) in [6.45, 7) is 0. The summed E-state index contributed by atoms with van der Waals surface area (Å²) in [5, 5.41) is 0. The first kappa shape index (κ1) is 15.9. The molecule has 0 unspecified atom stereocenters. The number of aromatic nitrogens is 3. The molecular weight excluding hydrogens is 381 g/mol. The smallest absolute Gasteiger partial charge is 0.408 e. The van der Waals surface area contributed by atoms with Crippen LogP contribution in [0.15, 0.2) is 41.0 Å². The maximum Gasteiger partial charge on any atom is 0.410 e. The number of nitrogens with zero attached hydrogens (tertiary/aromatic N) is 2. The molecule has 0 fully saturated rings. The van der Waals surface area contributed by atoms with Gasteiger partial charge in [0.05, 0.1) is 15.9 Å². The normalized spacial score (nSPS) is 10.6. The molecule has 0 atom stereocenters. The van der Waals surface area contributed by atoms with Crippen LogP contribution >= 0.6 is 15.9 Å². The SMILES string of the molecule is NC(=O)Oc1cc(-c2nc(N)ncc2Br)[nH]c1-c1ccccc1F. The molecule has 3 rings (SSSR count). The van der Waals surface area contributed by atoms with Gasteiger partial charge in [0.1, 0.15) is 11.5 Å². The second-order valence-electron chi connectivity index (χ2n) is 4.75. The van der Waals surface area contributed by atoms with Crippen molar-refractivity contribution in [2.45, 2.75) is 0 Å². The number of H-pyrrole nitrogens is 1. The zero-order chi connectivity index (χ0) is 17.3. The highest BCUT2D eigenvalue weighted by molar-refractivity contribution is 9.10. The lowest BCUT2D eigenvalue weighted by Gasteiger charge is -2.04. The molecule has 0 saturated heterocycles. The highest BCUT2D eigenvalue weighted by Crippen LogP contribution is 2.37. The summed E-state index contributed by atoms with van der Waals surface area (Å²) in [5.74, 6) is -0.346. The summed E-state index contributed by atoms with van der Waals surface area (Å²) in [5.41, 5.74) is 12.0. The largest absolute Gasteiger partial charge is 0.410 e. The molecule has 0 aliphatic heterocycles. The Morgan fingerprint density at radius 1 is 1.33 bits per heavy atom. The highest BCUT2D eigenvalue weighted by atomic mass is 79.9. The van der Waals surface area contributed by atoms with Crippen molar-refractivity contribution in [2.75, 3.05) is 5.73 Å². The number of benzene rings is 1. The van der Waals surface area contributed by atoms with Gasteiger partial charge in [-0.1, -0.05) is 12.1 Å². The van der Waals surface area contributed by atoms with Crippen molar-refractivity contribution < 1.29 is 13.9 Å². The van der Waals surface area contributed by atoms with Gasteiger partial charge in [0.25, 0.3) is 0 Å². The third-order valence-electron chi connectivity index (χ3n) is 3.15. The number of nitrogen functional groups attached to an aromatic ring is 1. The zero-order valence-electron chi connectivity index (χ0n) is 12.1. The van der Waals surface area contributed by atoms with E-state index < -0.39 is 11.9 Å². The van der Waals surface area contributed by atoms with Crippen LogP contribution in [0.3, 0.4) is 0 Å². The first-order chi connectivity index (χ1) is 11.5. The lowest BCUT2D eigenvalue weighted by Crippen LogP contribution is -2.16. The van der Waals surface area contributed by atoms with Crippen LogP contribution in [-0.4, -0.2) is 21.0 Å². The van der Waals surface area contributed by atoms with Crippen LogP contribution in [0.5, 0.6) is 5.75 Å². The number of hydrogen-bond acceptors (Lipinski definition) is 5. The fourth-order valence-electron chi connectivity index (χ4n) is 2.19. The average molecular weight is 392 g/mol. The number of primary amides is 1. The van der Waals surface area contributed by atoms with Crippen LogP contribution in [0.25, 0.3) is 22.6 Å². The Morgan fingerprint density at radius 3 is 2.79 bits per heavy atom. The Hall–Kier alpha value is -2.94. The Kier molecular flexibility index (Phi) is 4.17. The molecular formula is C15H11BrFN5O2. The van der Waals surface area contributed by atoms with Gasteiger partial charge in [-0.25, -0.2) is 19.2 Å². The fraction of sp³-hybridized carbons (Fsp3) is 0. The van der Waals surface area contributed by atoms with Crippen molar-refractivity contribution in [2.24, 2.45) is 5.73 Å². The fourth-order valence-corrected chi connectivity index (χ4v) is 2.59. The van der Waals surface area contributed by atoms with Crippen molar-refractivity contribution in [1.82, 2.24) is 15.0 Å². The van der Waals surface area contributed by atoms with E-state index in [0.29, 0.717) is 15.9 Å². The van der Waals surface area contributed by atoms with Crippen molar-refractivity contribution >= 4 is 28.0 Å². The molecule has 7 nitrogen and oxygen atoms in total. The molecule has 9 heteroatoms. The molecule has 1 aromatic carbocycles. The van der Waals surface area contributed by atoms with Crippen molar-refractivity contribution in [3.8, 4) is 28.4 Å². The first-order valence-electron chi connectivity index (χ1n) is 6.69. The number of halogens is 2. The predicted molar refractivity (Wildman–Crippen MR) is 89.5 cm³/mol. The third kappa shape index (κ3) is 3.06. The summed E-state index contributed by atoms with van der Waals surface area (Å²) >= 11 is 3.32. The van der Waals surface area contributed by atoms with Crippen molar-refractivity contribution in [3.63, 3.8) is 0 Å². The molecule has 2 heterocycles. The number of ether oxygens (including phenoxy) is 1. The van der Waals surface area contributed by atoms with E-state index in [2.05, 4.69) is 30.9 Å². The van der Waals surface area contributed by atoms with E-state index in [-0.39, 0.29) is 23.0 Å². The average Bonchev–Trinajstić information content (AvgIpc) is 2.93. The van der Waals surface area contributed by atoms with Gasteiger partial charge in [0.2, 0.25) is 5.95 Å². The van der Waals surface area contributed by atoms with Crippen molar-refractivity contribution in [3.05, 3.63) is 46.8 Å². The van der Waals surface area contributed by atoms with E-state index in [9.17, 15) is 9.18 Å². The standard InChI is InChI=1S/C15H11BrFN5O2/c16-8-6-20-14(18)22-13(8)10-5-11(24-15(19)23)12(21-10)7-3-1-2-4-9(7)17/h1-6,21H,(H2,19,23)(H2,18,20,22). The van der Waals surface area contributed by atoms with Crippen LogP contribution in [0, 0.1) is 5.82 Å². The number of hydrogen-bond donors (Lipinski definition) is 3. The molecule has 1 amide bonds. The van der Waals surface area contributed by atoms with E-state index in [0.717, 1.165) is 0 Å². The molecule has 5 N–H and O–H groups in total. The van der Waals surface area contributed by atoms with Gasteiger partial charge >= 0.3 is 6.09 Å². The van der Waals surface area contributed by atoms with Crippen LogP contribution in [0.1, 0.15) is 0 Å². The minimum Gasteiger partial charge on any atom is -0.408 e. The Bertz CT molecular complexity index is 928. The van der Waals surface area contributed by atoms with Gasteiger partial charge in [-0.3, -0.25) is 0 Å². The molecule has 122 valence electrons. The predicted octanol–water partition coefficient (Wildman–Crippen LogP) is 3.08. The second-order valence-corrected chi connectivity index (χ2v) is 5.60. The summed E-state index contributed by atoms with van der Waals surface area (Å²) in [6, 6.07) is 7.54. The van der Waals surface area contributed by atoms with Crippen LogP contribution in [0.4, 0.5) is 15.1 Å². The molecule has 0 bridgehead atoms. The molecule has 0 saturated carbocycles. The van der Waals surface area contributed by atoms with E-state index in [4.69, 9.17) is 16.2 Å². The molecule has 0 aliphatic rings. The van der Waals surface area contributed by atoms with E-state index in [1.807, 2.05) is 0 Å². The number of anilines is 1. The number of carbonyl (C=O) groups excluding carboxylic acids is 1. The lowest BCUT2D eigenvalue weighted by molar-refractivity contribution is 0.211. The third-order valence-corrected chi connectivity index (χ3v) is 3.73. The second kappa shape index (κ2) is 6.28. The maximum absolute atomic E-state index is 14.1. The number of nitrogens with two attached hydrogens (primary N) is 2. The van der Waals surface area contributed by atoms with Gasteiger partial charge in [-0.15, -0.1) is 0 Å². The molecule has 0 aliphatic carbocycles. The molecule has 2 aromatic heterocycles. The summed E-state index contributed by atoms with van der Waals surface area (Å²) in [6.07, 6.45) is 0.468. The minimum atomic E-state index is -1.01. The summed E-state index contributed by atoms with van der Waals surface area (Å²) < 4.78 is 19.6. The van der Waals surface area contributed by atoms with E-state index in [1.54, 1.807) is 18.2 Å². The maximum atomic E-state index is 14.1. The van der Waals surface area contributed by atoms with Gasteiger partial charge in [-0.2, -0.15) is 0 Å². The minimum absolute atomic E-state index is 0.0626. The quantitative estimate of drug-likeness (QED) is 0.633.